The van der Waals surface area contributed by atoms with Crippen molar-refractivity contribution < 1.29 is 27.8 Å². The van der Waals surface area contributed by atoms with Crippen molar-refractivity contribution in [2.45, 2.75) is 65.3 Å². The summed E-state index contributed by atoms with van der Waals surface area (Å²) in [6.07, 6.45) is -1.20. The van der Waals surface area contributed by atoms with Gasteiger partial charge >= 0.3 is 12.3 Å². The minimum absolute atomic E-state index is 0.0397. The predicted molar refractivity (Wildman–Crippen MR) is 128 cm³/mol. The lowest BCUT2D eigenvalue weighted by Gasteiger charge is -2.40. The van der Waals surface area contributed by atoms with Crippen LogP contribution in [0, 0.1) is 11.3 Å². The number of aryl methyl sites for hydroxylation is 1. The molecule has 0 bridgehead atoms. The minimum atomic E-state index is -4.74. The van der Waals surface area contributed by atoms with Crippen LogP contribution in [0.2, 0.25) is 0 Å². The average Bonchev–Trinajstić information content (AvgIpc) is 3.08. The van der Waals surface area contributed by atoms with Gasteiger partial charge in [0.2, 0.25) is 5.95 Å². The molecule has 0 radical (unpaired) electrons. The summed E-state index contributed by atoms with van der Waals surface area (Å²) >= 11 is 0. The molecular formula is C26H30F3N3O3. The van der Waals surface area contributed by atoms with E-state index in [4.69, 9.17) is 10.1 Å². The predicted octanol–water partition coefficient (Wildman–Crippen LogP) is 7.08. The third kappa shape index (κ3) is 6.26. The molecule has 0 amide bonds. The Morgan fingerprint density at radius 2 is 1.91 bits per heavy atom. The monoisotopic (exact) mass is 489 g/mol. The number of ether oxygens (including phenoxy) is 1. The molecule has 6 nitrogen and oxygen atoms in total. The fraction of sp³-hybridized carbons (Fsp3) is 0.462. The average molecular weight is 490 g/mol. The van der Waals surface area contributed by atoms with E-state index >= 15 is 0 Å². The first-order valence-electron chi connectivity index (χ1n) is 11.7. The number of rotatable bonds is 7. The molecule has 1 aromatic heterocycles. The molecule has 1 aliphatic rings. The summed E-state index contributed by atoms with van der Waals surface area (Å²) in [5, 5.41) is 12.3. The van der Waals surface area contributed by atoms with Gasteiger partial charge in [-0.15, -0.1) is 13.2 Å². The summed E-state index contributed by atoms with van der Waals surface area (Å²) < 4.78 is 43.7. The van der Waals surface area contributed by atoms with E-state index in [0.29, 0.717) is 24.0 Å². The number of carboxylic acids is 1. The highest BCUT2D eigenvalue weighted by molar-refractivity contribution is 5.81. The second-order valence-electron chi connectivity index (χ2n) is 10.3. The molecule has 35 heavy (non-hydrogen) atoms. The van der Waals surface area contributed by atoms with Crippen molar-refractivity contribution in [2.75, 3.05) is 5.32 Å². The summed E-state index contributed by atoms with van der Waals surface area (Å²) in [5.74, 6) is -0.00528. The summed E-state index contributed by atoms with van der Waals surface area (Å²) in [6.45, 7) is 6.79. The number of benzene rings is 2. The quantitative estimate of drug-likeness (QED) is 0.371. The third-order valence-corrected chi connectivity index (χ3v) is 6.45. The molecule has 0 aliphatic heterocycles. The highest BCUT2D eigenvalue weighted by atomic mass is 19.4. The number of aromatic nitrogens is 2. The van der Waals surface area contributed by atoms with Gasteiger partial charge in [-0.05, 0) is 79.0 Å². The number of nitrogens with one attached hydrogen (secondary N) is 1. The summed E-state index contributed by atoms with van der Waals surface area (Å²) in [7, 11) is 0. The normalized spacial score (nSPS) is 20.1. The van der Waals surface area contributed by atoms with Crippen molar-refractivity contribution in [1.29, 1.82) is 0 Å². The largest absolute Gasteiger partial charge is 0.573 e. The molecule has 0 unspecified atom stereocenters. The first-order chi connectivity index (χ1) is 16.4. The van der Waals surface area contributed by atoms with Crippen molar-refractivity contribution in [3.63, 3.8) is 0 Å². The number of alkyl halides is 3. The third-order valence-electron chi connectivity index (χ3n) is 6.45. The fourth-order valence-electron chi connectivity index (χ4n) is 5.37. The van der Waals surface area contributed by atoms with Gasteiger partial charge < -0.3 is 19.7 Å². The van der Waals surface area contributed by atoms with Crippen LogP contribution in [0.1, 0.15) is 58.1 Å². The van der Waals surface area contributed by atoms with Crippen LogP contribution < -0.4 is 10.1 Å². The Balaban J connectivity index is 1.70. The highest BCUT2D eigenvalue weighted by Gasteiger charge is 2.35. The first kappa shape index (κ1) is 24.9. The Hall–Kier alpha value is -3.23. The van der Waals surface area contributed by atoms with Gasteiger partial charge in [0.05, 0.1) is 11.0 Å². The van der Waals surface area contributed by atoms with Crippen molar-refractivity contribution in [1.82, 2.24) is 9.55 Å². The van der Waals surface area contributed by atoms with E-state index < -0.39 is 12.3 Å². The number of halogens is 3. The number of hydrogen-bond acceptors (Lipinski definition) is 4. The number of aliphatic carboxylic acids is 1. The Bertz CT molecular complexity index is 1200. The van der Waals surface area contributed by atoms with Gasteiger partial charge in [-0.25, -0.2) is 4.98 Å². The molecule has 2 atom stereocenters. The molecule has 1 fully saturated rings. The number of carboxylic acid groups (broad SMARTS) is 1. The van der Waals surface area contributed by atoms with Crippen LogP contribution in [0.25, 0.3) is 11.0 Å². The van der Waals surface area contributed by atoms with Crippen molar-refractivity contribution in [2.24, 2.45) is 11.3 Å². The van der Waals surface area contributed by atoms with Gasteiger partial charge in [0.15, 0.2) is 0 Å². The Morgan fingerprint density at radius 3 is 2.54 bits per heavy atom. The van der Waals surface area contributed by atoms with Crippen molar-refractivity contribution in [3.05, 3.63) is 48.0 Å². The number of carbonyl (C=O) groups is 1. The number of hydrogen-bond donors (Lipinski definition) is 2. The Kier molecular flexibility index (Phi) is 6.71. The molecule has 0 spiro atoms. The second-order valence-corrected chi connectivity index (χ2v) is 10.3. The number of imidazole rings is 1. The van der Waals surface area contributed by atoms with Crippen LogP contribution in [0.15, 0.2) is 42.5 Å². The smallest absolute Gasteiger partial charge is 0.481 e. The fourth-order valence-corrected chi connectivity index (χ4v) is 5.37. The van der Waals surface area contributed by atoms with Crippen LogP contribution in [0.4, 0.5) is 24.8 Å². The Labute approximate surface area is 202 Å². The number of fused-ring (bicyclic) bond motifs is 1. The molecule has 1 aliphatic carbocycles. The van der Waals surface area contributed by atoms with E-state index in [2.05, 4.69) is 35.4 Å². The molecule has 9 heteroatoms. The van der Waals surface area contributed by atoms with E-state index in [-0.39, 0.29) is 23.6 Å². The Morgan fingerprint density at radius 1 is 1.20 bits per heavy atom. The maximum atomic E-state index is 12.5. The number of anilines is 2. The van der Waals surface area contributed by atoms with Gasteiger partial charge in [-0.1, -0.05) is 26.8 Å². The molecule has 188 valence electrons. The number of nitrogens with zero attached hydrogens (tertiary/aromatic N) is 2. The lowest BCUT2D eigenvalue weighted by molar-refractivity contribution is -0.274. The van der Waals surface area contributed by atoms with Crippen LogP contribution in [-0.4, -0.2) is 27.0 Å². The lowest BCUT2D eigenvalue weighted by Crippen LogP contribution is -2.29. The lowest BCUT2D eigenvalue weighted by atomic mass is 9.70. The molecule has 1 heterocycles. The van der Waals surface area contributed by atoms with Gasteiger partial charge in [0, 0.05) is 18.2 Å². The molecule has 0 saturated heterocycles. The molecule has 2 aromatic carbocycles. The molecule has 3 aromatic rings. The van der Waals surface area contributed by atoms with Crippen LogP contribution >= 0.6 is 0 Å². The van der Waals surface area contributed by atoms with E-state index in [0.717, 1.165) is 35.9 Å². The van der Waals surface area contributed by atoms with Gasteiger partial charge in [-0.3, -0.25) is 4.79 Å². The zero-order valence-electron chi connectivity index (χ0n) is 20.0. The van der Waals surface area contributed by atoms with Crippen LogP contribution in [-0.2, 0) is 11.2 Å². The molecule has 4 rings (SSSR count). The van der Waals surface area contributed by atoms with Crippen molar-refractivity contribution in [3.8, 4) is 5.75 Å². The van der Waals surface area contributed by atoms with Crippen LogP contribution in [0.5, 0.6) is 5.75 Å². The highest BCUT2D eigenvalue weighted by Crippen LogP contribution is 2.46. The minimum Gasteiger partial charge on any atom is -0.481 e. The summed E-state index contributed by atoms with van der Waals surface area (Å²) in [5.41, 5.74) is 3.34. The second kappa shape index (κ2) is 9.43. The van der Waals surface area contributed by atoms with E-state index in [1.54, 1.807) is 0 Å². The maximum absolute atomic E-state index is 12.5. The van der Waals surface area contributed by atoms with E-state index in [1.807, 2.05) is 18.2 Å². The molecule has 1 saturated carbocycles. The SMILES string of the molecule is C[C@@H]1C[C@@H](n2c(Nc3ccc(OC(F)(F)F)cc3)nc3cc(CCC(=O)O)ccc32)CC(C)(C)C1. The standard InChI is InChI=1S/C26H30F3N3O3/c1-16-12-19(15-25(2,3)14-16)32-22-10-4-17(5-11-23(33)34)13-21(22)31-24(32)30-18-6-8-20(9-7-18)35-26(27,28)29/h4,6-10,13,16,19H,5,11-12,14-15H2,1-3H3,(H,30,31)(H,33,34)/t16-,19-/m1/s1. The van der Waals surface area contributed by atoms with Crippen LogP contribution in [0.3, 0.4) is 0 Å². The van der Waals surface area contributed by atoms with Gasteiger partial charge in [-0.2, -0.15) is 0 Å². The van der Waals surface area contributed by atoms with E-state index in [9.17, 15) is 18.0 Å². The topological polar surface area (TPSA) is 76.4 Å². The van der Waals surface area contributed by atoms with Gasteiger partial charge in [0.25, 0.3) is 0 Å². The maximum Gasteiger partial charge on any atom is 0.573 e. The first-order valence-corrected chi connectivity index (χ1v) is 11.7. The van der Waals surface area contributed by atoms with Crippen molar-refractivity contribution >= 4 is 28.6 Å². The van der Waals surface area contributed by atoms with E-state index in [1.165, 1.54) is 24.3 Å². The summed E-state index contributed by atoms with van der Waals surface area (Å²) in [6, 6.07) is 11.6. The zero-order chi connectivity index (χ0) is 25.4. The molecule has 2 N–H and O–H groups in total. The van der Waals surface area contributed by atoms with Gasteiger partial charge in [0.1, 0.15) is 5.75 Å². The molecular weight excluding hydrogens is 459 g/mol. The zero-order valence-corrected chi connectivity index (χ0v) is 20.0. The summed E-state index contributed by atoms with van der Waals surface area (Å²) in [4.78, 5) is 15.8.